The molecule has 4 aromatic carbocycles. The number of aliphatic hydroxyl groups is 1. The fraction of sp³-hybridized carbons (Fsp3) is 0.462. The number of hydrogen-bond donors (Lipinski definition) is 5. The standard InChI is InChI=1S/C47H59N5O6Si.C31H41N5O6/c1-31(2)41-42(53)49-40(30-57-59(46(4,5)6,35-17-12-10-13-18-35)36-19-14-11-15-20-36)44(55)52-28-16-21-38(50-52)43(54)51(9)32(3)37-25-24-34-23-22-33(29-39(34)48-37)26-27-47(7,8)45(56)58-41;1-18(2)26-27(38)33-25(17-37)29(40)36-15-7-8-23(34-36)28(39)35(6)19(3)22-12-11-21-10-9-20(16-24(21)32-22)13-14-31(4,5)30(41)42-26/h10-15,17-20,22-27,29,31-32,38,40-41,50H,16,21,28,30H2,1-9H3,(H,49,53);9-14,16,18-19,23,25-26,34,37H,7-8,15,17H2,1-6H3,(H,33,38)/b27-26+;14-13+/t32-,38+,40+,41+;19-,23+,25+,26+/m11/s1. The smallest absolute Gasteiger partial charge is 0.316 e. The molecule has 6 heterocycles. The maximum absolute atomic E-state index is 14.9. The number of aliphatic hydroxyl groups excluding tert-OH is 1. The molecule has 2 saturated heterocycles. The fourth-order valence-corrected chi connectivity index (χ4v) is 17.5. The molecule has 2 aromatic heterocycles. The Morgan fingerprint density at radius 2 is 0.950 bits per heavy atom. The number of carbonyl (C=O) groups excluding carboxylic acids is 8. The van der Waals surface area contributed by atoms with Crippen LogP contribution in [-0.2, 0) is 52.3 Å². The lowest BCUT2D eigenvalue weighted by Gasteiger charge is -2.44. The van der Waals surface area contributed by atoms with Crippen molar-refractivity contribution in [2.45, 2.75) is 169 Å². The number of nitrogens with one attached hydrogen (secondary N) is 4. The number of aromatic nitrogens is 2. The van der Waals surface area contributed by atoms with Gasteiger partial charge in [-0.15, -0.1) is 0 Å². The topological polar surface area (TPSA) is 271 Å². The van der Waals surface area contributed by atoms with E-state index in [0.717, 1.165) is 49.0 Å². The molecule has 10 rings (SSSR count). The monoisotopic (exact) mass is 1400 g/mol. The predicted octanol–water partition coefficient (Wildman–Crippen LogP) is 8.28. The Hall–Kier alpha value is -9.00. The summed E-state index contributed by atoms with van der Waals surface area (Å²) in [5.74, 6) is -4.77. The van der Waals surface area contributed by atoms with E-state index in [4.69, 9.17) is 23.9 Å². The summed E-state index contributed by atoms with van der Waals surface area (Å²) in [7, 11) is 0.283. The van der Waals surface area contributed by atoms with Gasteiger partial charge in [0.2, 0.25) is 11.8 Å². The largest absolute Gasteiger partial charge is 0.451 e. The van der Waals surface area contributed by atoms with E-state index in [1.807, 2.05) is 123 Å². The predicted molar refractivity (Wildman–Crippen MR) is 391 cm³/mol. The normalized spacial score (nSPS) is 24.5. The molecular formula is C78H100N10O12Si. The summed E-state index contributed by atoms with van der Waals surface area (Å²) >= 11 is 0. The molecule has 101 heavy (non-hydrogen) atoms. The van der Waals surface area contributed by atoms with Gasteiger partial charge in [0.05, 0.1) is 58.5 Å². The highest BCUT2D eigenvalue weighted by atomic mass is 28.4. The molecule has 6 aromatic rings. The van der Waals surface area contributed by atoms with E-state index in [-0.39, 0.29) is 30.5 Å². The van der Waals surface area contributed by atoms with Crippen molar-refractivity contribution in [1.29, 1.82) is 0 Å². The van der Waals surface area contributed by atoms with Crippen molar-refractivity contribution in [1.82, 2.24) is 51.3 Å². The highest BCUT2D eigenvalue weighted by Gasteiger charge is 2.51. The van der Waals surface area contributed by atoms with Crippen LogP contribution in [0, 0.1) is 22.7 Å². The Balaban J connectivity index is 0.000000249. The molecule has 0 unspecified atom stereocenters. The Labute approximate surface area is 594 Å². The zero-order chi connectivity index (χ0) is 73.5. The molecule has 0 radical (unpaired) electrons. The number of ether oxygens (including phenoxy) is 2. The number of hydrogen-bond acceptors (Lipinski definition) is 16. The number of fused-ring (bicyclic) bond motifs is 8. The first-order valence-electron chi connectivity index (χ1n) is 35.0. The van der Waals surface area contributed by atoms with E-state index in [1.165, 1.54) is 10.0 Å². The number of esters is 2. The van der Waals surface area contributed by atoms with Crippen LogP contribution in [0.15, 0.2) is 133 Å². The molecule has 8 atom stereocenters. The summed E-state index contributed by atoms with van der Waals surface area (Å²) in [6.07, 6.45) is 6.85. The van der Waals surface area contributed by atoms with Gasteiger partial charge in [-0.1, -0.05) is 170 Å². The first-order valence-corrected chi connectivity index (χ1v) is 36.9. The van der Waals surface area contributed by atoms with Gasteiger partial charge in [-0.3, -0.25) is 58.3 Å². The number of nitrogens with zero attached hydrogens (tertiary/aromatic N) is 6. The fourth-order valence-electron chi connectivity index (χ4n) is 13.0. The van der Waals surface area contributed by atoms with E-state index >= 15 is 0 Å². The average Bonchev–Trinajstić information content (AvgIpc) is 0.769. The minimum absolute atomic E-state index is 0.175. The summed E-state index contributed by atoms with van der Waals surface area (Å²) in [6, 6.07) is 34.9. The minimum atomic E-state index is -3.18. The molecule has 0 aliphatic carbocycles. The molecule has 10 bridgehead atoms. The molecule has 4 aliphatic heterocycles. The number of likely N-dealkylation sites (N-methyl/N-ethyl adjacent to an activating group) is 2. The number of pyridine rings is 2. The van der Waals surface area contributed by atoms with Crippen LogP contribution < -0.4 is 31.9 Å². The Morgan fingerprint density at radius 1 is 0.564 bits per heavy atom. The molecule has 22 nitrogen and oxygen atoms in total. The highest BCUT2D eigenvalue weighted by Crippen LogP contribution is 2.38. The highest BCUT2D eigenvalue weighted by molar-refractivity contribution is 6.99. The second-order valence-electron chi connectivity index (χ2n) is 29.8. The van der Waals surface area contributed by atoms with Gasteiger partial charge in [0, 0.05) is 38.0 Å². The first kappa shape index (κ1) is 76.2. The van der Waals surface area contributed by atoms with E-state index < -0.39 is 115 Å². The van der Waals surface area contributed by atoms with Crippen LogP contribution in [0.3, 0.4) is 0 Å². The van der Waals surface area contributed by atoms with Crippen molar-refractivity contribution in [3.05, 3.63) is 156 Å². The zero-order valence-corrected chi connectivity index (χ0v) is 61.9. The summed E-state index contributed by atoms with van der Waals surface area (Å²) in [5, 5.41) is 21.7. The van der Waals surface area contributed by atoms with E-state index in [0.29, 0.717) is 44.5 Å². The lowest BCUT2D eigenvalue weighted by molar-refractivity contribution is -0.165. The third kappa shape index (κ3) is 17.3. The minimum Gasteiger partial charge on any atom is -0.451 e. The van der Waals surface area contributed by atoms with Crippen LogP contribution >= 0.6 is 0 Å². The number of benzene rings is 4. The van der Waals surface area contributed by atoms with E-state index in [2.05, 4.69) is 66.5 Å². The van der Waals surface area contributed by atoms with Crippen LogP contribution in [0.25, 0.3) is 34.0 Å². The second kappa shape index (κ2) is 31.9. The number of carbonyl (C=O) groups is 8. The molecule has 4 aliphatic rings. The van der Waals surface area contributed by atoms with Crippen LogP contribution in [0.1, 0.15) is 150 Å². The molecule has 23 heteroatoms. The van der Waals surface area contributed by atoms with Crippen molar-refractivity contribution in [3.63, 3.8) is 0 Å². The first-order chi connectivity index (χ1) is 47.7. The van der Waals surface area contributed by atoms with Crippen molar-refractivity contribution >= 4 is 100 Å². The Morgan fingerprint density at radius 3 is 1.34 bits per heavy atom. The van der Waals surface area contributed by atoms with Gasteiger partial charge in [0.15, 0.2) is 12.2 Å². The summed E-state index contributed by atoms with van der Waals surface area (Å²) in [4.78, 5) is 124. The van der Waals surface area contributed by atoms with Crippen molar-refractivity contribution in [3.8, 4) is 0 Å². The van der Waals surface area contributed by atoms with Crippen LogP contribution in [0.5, 0.6) is 0 Å². The van der Waals surface area contributed by atoms with E-state index in [9.17, 15) is 43.5 Å². The molecule has 6 amide bonds. The number of rotatable bonds is 8. The van der Waals surface area contributed by atoms with Crippen molar-refractivity contribution in [2.24, 2.45) is 22.7 Å². The Bertz CT molecular complexity index is 4040. The average molecular weight is 1400 g/mol. The molecule has 0 spiro atoms. The van der Waals surface area contributed by atoms with Crippen LogP contribution in [0.2, 0.25) is 5.04 Å². The van der Waals surface area contributed by atoms with Crippen molar-refractivity contribution in [2.75, 3.05) is 40.4 Å². The van der Waals surface area contributed by atoms with Gasteiger partial charge in [-0.25, -0.2) is 10.9 Å². The third-order valence-electron chi connectivity index (χ3n) is 19.6. The maximum Gasteiger partial charge on any atom is 0.316 e. The summed E-state index contributed by atoms with van der Waals surface area (Å²) < 4.78 is 18.9. The number of cyclic esters (lactones) is 2. The molecule has 5 N–H and O–H groups in total. The number of amides is 6. The molecule has 538 valence electrons. The van der Waals surface area contributed by atoms with Gasteiger partial charge in [0.25, 0.3) is 31.9 Å². The zero-order valence-electron chi connectivity index (χ0n) is 60.9. The van der Waals surface area contributed by atoms with Gasteiger partial charge in [-0.2, -0.15) is 0 Å². The molecule has 0 saturated carbocycles. The second-order valence-corrected chi connectivity index (χ2v) is 34.1. The summed E-state index contributed by atoms with van der Waals surface area (Å²) in [6.45, 7) is 24.0. The SMILES string of the molecule is CC(C)[C@@H]1OC(=O)C(C)(C)/C=C/c2ccc3ccc(nc3c2)[C@@H](C)N(C)C(=O)[C@@H]2CCCN(N2)C(=O)[C@H](CO)NC1=O.CC(C)[C@@H]1OC(=O)C(C)(C)/C=C/c2ccc3ccc(nc3c2)[C@@H](C)N(C)C(=O)[C@@H]2CCCN(N2)C(=O)[C@H](CO[Si](c2ccccc2)(c2ccccc2)C(C)(C)C)NC1=O. The van der Waals surface area contributed by atoms with Gasteiger partial charge in [0.1, 0.15) is 24.2 Å². The lowest BCUT2D eigenvalue weighted by atomic mass is 9.91. The van der Waals surface area contributed by atoms with E-state index in [1.54, 1.807) is 91.4 Å². The van der Waals surface area contributed by atoms with Crippen molar-refractivity contribution < 1.29 is 57.4 Å². The number of hydrazine groups is 2. The summed E-state index contributed by atoms with van der Waals surface area (Å²) in [5.41, 5.74) is 8.60. The lowest BCUT2D eigenvalue weighted by Crippen LogP contribution is -2.68. The van der Waals surface area contributed by atoms with Gasteiger partial charge < -0.3 is 39.4 Å². The van der Waals surface area contributed by atoms with Crippen LogP contribution in [0.4, 0.5) is 0 Å². The third-order valence-corrected chi connectivity index (χ3v) is 24.6. The molecule has 2 fully saturated rings. The molecular weight excluding hydrogens is 1300 g/mol. The van der Waals surface area contributed by atoms with Crippen LogP contribution in [-0.4, -0.2) is 167 Å². The van der Waals surface area contributed by atoms with Gasteiger partial charge >= 0.3 is 11.9 Å². The van der Waals surface area contributed by atoms with Gasteiger partial charge in [-0.05, 0) is 130 Å². The Kier molecular flexibility index (Phi) is 24.1. The quantitative estimate of drug-likeness (QED) is 0.0708. The maximum atomic E-state index is 14.9.